The van der Waals surface area contributed by atoms with Gasteiger partial charge in [0.25, 0.3) is 5.89 Å². The first-order valence-electron chi connectivity index (χ1n) is 6.05. The molecule has 1 fully saturated rings. The number of aromatic amines is 1. The molecule has 102 valence electrons. The Labute approximate surface area is 119 Å². The number of anilines is 1. The molecule has 3 heterocycles. The van der Waals surface area contributed by atoms with Crippen LogP contribution in [0.1, 0.15) is 24.9 Å². The predicted molar refractivity (Wildman–Crippen MR) is 78.0 cm³/mol. The monoisotopic (exact) mass is 297 g/mol. The smallest absolute Gasteiger partial charge is 0.276 e. The van der Waals surface area contributed by atoms with Gasteiger partial charge in [0, 0.05) is 22.3 Å². The van der Waals surface area contributed by atoms with E-state index in [0.717, 1.165) is 11.6 Å². The SMILES string of the molecule is CC1SCC(c2noc(-c3cc(N)n[nH]3)n2)SC1C. The number of nitrogens with two attached hydrogens (primary N) is 1. The van der Waals surface area contributed by atoms with E-state index in [1.807, 2.05) is 23.5 Å². The molecule has 8 heteroatoms. The first-order valence-corrected chi connectivity index (χ1v) is 8.04. The fourth-order valence-electron chi connectivity index (χ4n) is 1.84. The minimum atomic E-state index is 0.286. The number of hydrogen-bond acceptors (Lipinski definition) is 7. The first-order chi connectivity index (χ1) is 9.13. The number of nitrogens with zero attached hydrogens (tertiary/aromatic N) is 3. The molecular formula is C11H15N5OS2. The number of nitrogens with one attached hydrogen (secondary N) is 1. The van der Waals surface area contributed by atoms with Crippen LogP contribution in [0.25, 0.3) is 11.6 Å². The lowest BCUT2D eigenvalue weighted by atomic mass is 10.3. The molecule has 0 spiro atoms. The Balaban J connectivity index is 1.78. The van der Waals surface area contributed by atoms with Crippen molar-refractivity contribution in [1.82, 2.24) is 20.3 Å². The fourth-order valence-corrected chi connectivity index (χ4v) is 4.67. The minimum Gasteiger partial charge on any atom is -0.382 e. The van der Waals surface area contributed by atoms with Crippen LogP contribution >= 0.6 is 23.5 Å². The second-order valence-electron chi connectivity index (χ2n) is 4.53. The highest BCUT2D eigenvalue weighted by atomic mass is 32.2. The molecule has 0 amide bonds. The third-order valence-electron chi connectivity index (χ3n) is 3.11. The van der Waals surface area contributed by atoms with Crippen LogP contribution in [0.15, 0.2) is 10.6 Å². The zero-order valence-electron chi connectivity index (χ0n) is 10.7. The summed E-state index contributed by atoms with van der Waals surface area (Å²) in [5.74, 6) is 2.62. The summed E-state index contributed by atoms with van der Waals surface area (Å²) in [6.45, 7) is 4.50. The van der Waals surface area contributed by atoms with Gasteiger partial charge in [-0.3, -0.25) is 5.10 Å². The van der Waals surface area contributed by atoms with Crippen LogP contribution in [0.5, 0.6) is 0 Å². The van der Waals surface area contributed by atoms with Crippen molar-refractivity contribution in [2.24, 2.45) is 0 Å². The van der Waals surface area contributed by atoms with Crippen molar-refractivity contribution in [2.45, 2.75) is 29.6 Å². The minimum absolute atomic E-state index is 0.286. The maximum absolute atomic E-state index is 5.56. The van der Waals surface area contributed by atoms with E-state index in [1.165, 1.54) is 0 Å². The molecule has 3 atom stereocenters. The second-order valence-corrected chi connectivity index (χ2v) is 7.53. The maximum Gasteiger partial charge on any atom is 0.276 e. The van der Waals surface area contributed by atoms with E-state index >= 15 is 0 Å². The Kier molecular flexibility index (Phi) is 3.44. The van der Waals surface area contributed by atoms with E-state index in [2.05, 4.69) is 34.2 Å². The number of aromatic nitrogens is 4. The second kappa shape index (κ2) is 5.09. The van der Waals surface area contributed by atoms with E-state index in [0.29, 0.717) is 27.9 Å². The summed E-state index contributed by atoms with van der Waals surface area (Å²) in [5, 5.41) is 12.2. The molecule has 1 aliphatic rings. The van der Waals surface area contributed by atoms with Crippen molar-refractivity contribution in [1.29, 1.82) is 0 Å². The van der Waals surface area contributed by atoms with E-state index in [-0.39, 0.29) is 5.25 Å². The molecule has 0 bridgehead atoms. The van der Waals surface area contributed by atoms with Gasteiger partial charge < -0.3 is 10.3 Å². The Hall–Kier alpha value is -1.15. The molecule has 6 nitrogen and oxygen atoms in total. The van der Waals surface area contributed by atoms with Gasteiger partial charge in [-0.25, -0.2) is 0 Å². The van der Waals surface area contributed by atoms with Crippen molar-refractivity contribution in [3.05, 3.63) is 11.9 Å². The largest absolute Gasteiger partial charge is 0.382 e. The van der Waals surface area contributed by atoms with Crippen LogP contribution < -0.4 is 5.73 Å². The summed E-state index contributed by atoms with van der Waals surface area (Å²) < 4.78 is 5.27. The number of H-pyrrole nitrogens is 1. The molecule has 2 aromatic rings. The molecular weight excluding hydrogens is 282 g/mol. The molecule has 0 saturated carbocycles. The summed E-state index contributed by atoms with van der Waals surface area (Å²) in [4.78, 5) is 4.44. The molecule has 19 heavy (non-hydrogen) atoms. The molecule has 3 unspecified atom stereocenters. The van der Waals surface area contributed by atoms with Gasteiger partial charge in [0.15, 0.2) is 5.82 Å². The summed E-state index contributed by atoms with van der Waals surface area (Å²) in [6, 6.07) is 1.69. The van der Waals surface area contributed by atoms with Crippen LogP contribution in [0.3, 0.4) is 0 Å². The van der Waals surface area contributed by atoms with Crippen LogP contribution in [0.4, 0.5) is 5.82 Å². The Bertz CT molecular complexity index is 569. The topological polar surface area (TPSA) is 93.6 Å². The average molecular weight is 297 g/mol. The van der Waals surface area contributed by atoms with E-state index < -0.39 is 0 Å². The number of thioether (sulfide) groups is 2. The van der Waals surface area contributed by atoms with E-state index in [4.69, 9.17) is 10.3 Å². The quantitative estimate of drug-likeness (QED) is 0.878. The molecule has 0 radical (unpaired) electrons. The van der Waals surface area contributed by atoms with Crippen LogP contribution in [0, 0.1) is 0 Å². The highest BCUT2D eigenvalue weighted by Crippen LogP contribution is 2.43. The summed E-state index contributed by atoms with van der Waals surface area (Å²) in [7, 11) is 0. The van der Waals surface area contributed by atoms with E-state index in [9.17, 15) is 0 Å². The lowest BCUT2D eigenvalue weighted by molar-refractivity contribution is 0.421. The van der Waals surface area contributed by atoms with Crippen molar-refractivity contribution < 1.29 is 4.52 Å². The number of nitrogen functional groups attached to an aromatic ring is 1. The molecule has 0 aromatic carbocycles. The molecule has 1 aliphatic heterocycles. The van der Waals surface area contributed by atoms with Gasteiger partial charge in [0.05, 0.1) is 5.25 Å². The Morgan fingerprint density at radius 2 is 2.26 bits per heavy atom. The Morgan fingerprint density at radius 3 is 2.95 bits per heavy atom. The van der Waals surface area contributed by atoms with E-state index in [1.54, 1.807) is 6.07 Å². The van der Waals surface area contributed by atoms with Crippen LogP contribution in [0.2, 0.25) is 0 Å². The fraction of sp³-hybridized carbons (Fsp3) is 0.545. The van der Waals surface area contributed by atoms with Gasteiger partial charge >= 0.3 is 0 Å². The normalized spacial score (nSPS) is 27.6. The molecule has 2 aromatic heterocycles. The third-order valence-corrected chi connectivity index (χ3v) is 6.49. The predicted octanol–water partition coefficient (Wildman–Crippen LogP) is 2.34. The molecule has 3 rings (SSSR count). The summed E-state index contributed by atoms with van der Waals surface area (Å²) in [5.41, 5.74) is 6.22. The van der Waals surface area contributed by atoms with Gasteiger partial charge in [-0.1, -0.05) is 19.0 Å². The molecule has 3 N–H and O–H groups in total. The standard InChI is InChI=1S/C11H15N5OS2/c1-5-6(2)19-8(4-18-5)10-13-11(17-16-10)7-3-9(12)15-14-7/h3,5-6,8H,4H2,1-2H3,(H3,12,14,15). The first kappa shape index (κ1) is 12.9. The van der Waals surface area contributed by atoms with Gasteiger partial charge in [-0.2, -0.15) is 21.8 Å². The van der Waals surface area contributed by atoms with Crippen LogP contribution in [-0.2, 0) is 0 Å². The van der Waals surface area contributed by atoms with Gasteiger partial charge in [-0.15, -0.1) is 11.8 Å². The highest BCUT2D eigenvalue weighted by Gasteiger charge is 2.30. The zero-order chi connectivity index (χ0) is 13.4. The van der Waals surface area contributed by atoms with Crippen molar-refractivity contribution in [3.63, 3.8) is 0 Å². The zero-order valence-corrected chi connectivity index (χ0v) is 12.3. The lowest BCUT2D eigenvalue weighted by Crippen LogP contribution is -2.22. The third kappa shape index (κ3) is 2.59. The molecule has 1 saturated heterocycles. The van der Waals surface area contributed by atoms with Crippen LogP contribution in [-0.4, -0.2) is 36.6 Å². The maximum atomic E-state index is 5.56. The average Bonchev–Trinajstić information content (AvgIpc) is 3.01. The highest BCUT2D eigenvalue weighted by molar-refractivity contribution is 8.07. The Morgan fingerprint density at radius 1 is 1.42 bits per heavy atom. The van der Waals surface area contributed by atoms with Gasteiger partial charge in [0.1, 0.15) is 11.5 Å². The van der Waals surface area contributed by atoms with Gasteiger partial charge in [-0.05, 0) is 0 Å². The van der Waals surface area contributed by atoms with Crippen molar-refractivity contribution in [3.8, 4) is 11.6 Å². The number of rotatable bonds is 2. The summed E-state index contributed by atoms with van der Waals surface area (Å²) >= 11 is 3.86. The summed E-state index contributed by atoms with van der Waals surface area (Å²) in [6.07, 6.45) is 0. The van der Waals surface area contributed by atoms with Crippen molar-refractivity contribution in [2.75, 3.05) is 11.5 Å². The molecule has 0 aliphatic carbocycles. The lowest BCUT2D eigenvalue weighted by Gasteiger charge is -2.29. The van der Waals surface area contributed by atoms with Gasteiger partial charge in [0.2, 0.25) is 0 Å². The van der Waals surface area contributed by atoms with Crippen molar-refractivity contribution >= 4 is 29.3 Å². The number of hydrogen-bond donors (Lipinski definition) is 2.